The fourth-order valence-electron chi connectivity index (χ4n) is 1.99. The first kappa shape index (κ1) is 19.0. The molecule has 2 N–H and O–H groups in total. The summed E-state index contributed by atoms with van der Waals surface area (Å²) in [6.45, 7) is 0. The molecule has 7 nitrogen and oxygen atoms in total. The molecule has 142 valence electrons. The van der Waals surface area contributed by atoms with Crippen LogP contribution in [0.25, 0.3) is 10.6 Å². The van der Waals surface area contributed by atoms with Crippen molar-refractivity contribution >= 4 is 39.5 Å². The van der Waals surface area contributed by atoms with Gasteiger partial charge in [-0.15, -0.1) is 21.5 Å². The highest BCUT2D eigenvalue weighted by Gasteiger charge is 2.35. The molecule has 2 heterocycles. The van der Waals surface area contributed by atoms with Gasteiger partial charge in [0.15, 0.2) is 11.6 Å². The van der Waals surface area contributed by atoms with Crippen molar-refractivity contribution in [3.05, 3.63) is 34.5 Å². The summed E-state index contributed by atoms with van der Waals surface area (Å²) in [5, 5.41) is 11.3. The Morgan fingerprint density at radius 1 is 1.22 bits per heavy atom. The van der Waals surface area contributed by atoms with Gasteiger partial charge in [-0.25, -0.2) is 14.2 Å². The smallest absolute Gasteiger partial charge is 0.445 e. The molecule has 2 amide bonds. The first-order valence-electron chi connectivity index (χ1n) is 7.04. The molecule has 3 aromatic rings. The molecule has 0 aliphatic rings. The number of rotatable bonds is 4. The number of aromatic nitrogens is 3. The highest BCUT2D eigenvalue weighted by molar-refractivity contribution is 7.15. The van der Waals surface area contributed by atoms with Crippen LogP contribution < -0.4 is 15.4 Å². The van der Waals surface area contributed by atoms with Crippen molar-refractivity contribution in [1.82, 2.24) is 15.2 Å². The monoisotopic (exact) mass is 419 g/mol. The number of halogens is 4. The van der Waals surface area contributed by atoms with E-state index >= 15 is 0 Å². The van der Waals surface area contributed by atoms with Gasteiger partial charge in [-0.05, 0) is 6.07 Å². The number of amides is 2. The second-order valence-corrected chi connectivity index (χ2v) is 6.73. The number of benzene rings is 1. The normalized spacial score (nSPS) is 11.3. The molecule has 0 radical (unpaired) electrons. The topological polar surface area (TPSA) is 89.0 Å². The Hall–Kier alpha value is -2.80. The summed E-state index contributed by atoms with van der Waals surface area (Å²) in [7, 11) is 1.29. The van der Waals surface area contributed by atoms with Crippen LogP contribution in [0.1, 0.15) is 5.01 Å². The number of nitrogens with zero attached hydrogens (tertiary/aromatic N) is 3. The number of hydrogen-bond donors (Lipinski definition) is 2. The number of methoxy groups -OCH3 is 1. The maximum Gasteiger partial charge on any atom is 0.445 e. The highest BCUT2D eigenvalue weighted by Crippen LogP contribution is 2.36. The molecule has 0 atom stereocenters. The zero-order chi connectivity index (χ0) is 19.6. The molecular formula is C14H9F4N5O2S2. The molecule has 0 bridgehead atoms. The predicted octanol–water partition coefficient (Wildman–Crippen LogP) is 4.47. The fraction of sp³-hybridized carbons (Fsp3) is 0.143. The van der Waals surface area contributed by atoms with E-state index in [9.17, 15) is 22.4 Å². The molecule has 0 unspecified atom stereocenters. The number of nitrogens with one attached hydrogen (secondary N) is 2. The number of alkyl halides is 3. The standard InChI is InChI=1S/C14H9F4N5O2S2/c1-25-9-4-6(10-19-2-3-26-10)8(5-7(9)15)20-12(24)21-13-23-22-11(27-13)14(16,17)18/h2-5H,1H3,(H2,20,21,23,24). The van der Waals surface area contributed by atoms with Crippen LogP contribution in [-0.2, 0) is 6.18 Å². The van der Waals surface area contributed by atoms with Crippen LogP contribution in [0.5, 0.6) is 5.75 Å². The molecule has 3 rings (SSSR count). The van der Waals surface area contributed by atoms with E-state index < -0.39 is 23.0 Å². The van der Waals surface area contributed by atoms with Gasteiger partial charge in [-0.3, -0.25) is 5.32 Å². The Kier molecular flexibility index (Phi) is 5.23. The van der Waals surface area contributed by atoms with Gasteiger partial charge in [0.05, 0.1) is 12.8 Å². The number of urea groups is 1. The fourth-order valence-corrected chi connectivity index (χ4v) is 3.26. The van der Waals surface area contributed by atoms with Gasteiger partial charge >= 0.3 is 12.2 Å². The van der Waals surface area contributed by atoms with Crippen molar-refractivity contribution in [3.8, 4) is 16.3 Å². The van der Waals surface area contributed by atoms with Gasteiger partial charge in [-0.2, -0.15) is 13.2 Å². The van der Waals surface area contributed by atoms with Crippen LogP contribution in [0.2, 0.25) is 0 Å². The molecule has 1 aromatic carbocycles. The van der Waals surface area contributed by atoms with E-state index in [0.717, 1.165) is 6.07 Å². The van der Waals surface area contributed by atoms with Gasteiger partial charge < -0.3 is 10.1 Å². The van der Waals surface area contributed by atoms with Crippen molar-refractivity contribution in [2.75, 3.05) is 17.7 Å². The van der Waals surface area contributed by atoms with Gasteiger partial charge in [0.2, 0.25) is 10.1 Å². The SMILES string of the molecule is COc1cc(-c2nccs2)c(NC(=O)Nc2nnc(C(F)(F)F)s2)cc1F. The summed E-state index contributed by atoms with van der Waals surface area (Å²) >= 11 is 1.41. The molecule has 0 fully saturated rings. The number of anilines is 2. The predicted molar refractivity (Wildman–Crippen MR) is 91.6 cm³/mol. The minimum Gasteiger partial charge on any atom is -0.494 e. The second kappa shape index (κ2) is 7.44. The summed E-state index contributed by atoms with van der Waals surface area (Å²) in [5.74, 6) is -0.784. The van der Waals surface area contributed by atoms with E-state index in [4.69, 9.17) is 4.74 Å². The van der Waals surface area contributed by atoms with Crippen molar-refractivity contribution in [3.63, 3.8) is 0 Å². The number of thiazole rings is 1. The maximum absolute atomic E-state index is 14.0. The molecule has 2 aromatic heterocycles. The Labute approximate surface area is 157 Å². The Bertz CT molecular complexity index is 959. The number of hydrogen-bond acceptors (Lipinski definition) is 7. The first-order valence-corrected chi connectivity index (χ1v) is 8.73. The number of ether oxygens (including phenoxy) is 1. The molecule has 0 spiro atoms. The average Bonchev–Trinajstić information content (AvgIpc) is 3.26. The Morgan fingerprint density at radius 3 is 2.59 bits per heavy atom. The van der Waals surface area contributed by atoms with E-state index in [1.807, 2.05) is 0 Å². The lowest BCUT2D eigenvalue weighted by Crippen LogP contribution is -2.20. The minimum atomic E-state index is -4.66. The third-order valence-corrected chi connectivity index (χ3v) is 4.78. The zero-order valence-electron chi connectivity index (χ0n) is 13.3. The first-order chi connectivity index (χ1) is 12.8. The van der Waals surface area contributed by atoms with Gasteiger partial charge in [0.1, 0.15) is 5.01 Å². The van der Waals surface area contributed by atoms with Crippen LogP contribution in [0.15, 0.2) is 23.7 Å². The average molecular weight is 419 g/mol. The number of carbonyl (C=O) groups excluding carboxylic acids is 1. The van der Waals surface area contributed by atoms with E-state index in [0.29, 0.717) is 10.6 Å². The lowest BCUT2D eigenvalue weighted by molar-refractivity contribution is -0.138. The molecule has 27 heavy (non-hydrogen) atoms. The second-order valence-electron chi connectivity index (χ2n) is 4.86. The van der Waals surface area contributed by atoms with Crippen LogP contribution in [0.3, 0.4) is 0 Å². The summed E-state index contributed by atoms with van der Waals surface area (Å²) in [6.07, 6.45) is -3.13. The van der Waals surface area contributed by atoms with Crippen molar-refractivity contribution in [2.24, 2.45) is 0 Å². The quantitative estimate of drug-likeness (QED) is 0.609. The van der Waals surface area contributed by atoms with Gasteiger partial charge in [0.25, 0.3) is 0 Å². The Morgan fingerprint density at radius 2 is 2.00 bits per heavy atom. The number of carbonyl (C=O) groups is 1. The zero-order valence-corrected chi connectivity index (χ0v) is 14.9. The molecular weight excluding hydrogens is 410 g/mol. The van der Waals surface area contributed by atoms with Crippen molar-refractivity contribution in [2.45, 2.75) is 6.18 Å². The van der Waals surface area contributed by atoms with E-state index in [2.05, 4.69) is 25.8 Å². The maximum atomic E-state index is 14.0. The van der Waals surface area contributed by atoms with E-state index in [1.165, 1.54) is 30.7 Å². The van der Waals surface area contributed by atoms with Crippen LogP contribution >= 0.6 is 22.7 Å². The molecule has 0 aliphatic heterocycles. The summed E-state index contributed by atoms with van der Waals surface area (Å²) in [4.78, 5) is 16.2. The minimum absolute atomic E-state index is 0.0508. The third kappa shape index (κ3) is 4.31. The van der Waals surface area contributed by atoms with Crippen LogP contribution in [0.4, 0.5) is 33.2 Å². The van der Waals surface area contributed by atoms with Crippen molar-refractivity contribution in [1.29, 1.82) is 0 Å². The van der Waals surface area contributed by atoms with E-state index in [1.54, 1.807) is 5.38 Å². The molecule has 0 saturated carbocycles. The van der Waals surface area contributed by atoms with Crippen LogP contribution in [-0.4, -0.2) is 28.3 Å². The van der Waals surface area contributed by atoms with Gasteiger partial charge in [-0.1, -0.05) is 11.3 Å². The summed E-state index contributed by atoms with van der Waals surface area (Å²) < 4.78 is 56.5. The summed E-state index contributed by atoms with van der Waals surface area (Å²) in [5.41, 5.74) is 0.438. The highest BCUT2D eigenvalue weighted by atomic mass is 32.1. The Balaban J connectivity index is 1.83. The van der Waals surface area contributed by atoms with Crippen LogP contribution in [0, 0.1) is 5.82 Å². The lowest BCUT2D eigenvalue weighted by atomic mass is 10.1. The third-order valence-electron chi connectivity index (χ3n) is 3.09. The molecule has 13 heteroatoms. The lowest BCUT2D eigenvalue weighted by Gasteiger charge is -2.12. The molecule has 0 aliphatic carbocycles. The van der Waals surface area contributed by atoms with E-state index in [-0.39, 0.29) is 27.9 Å². The van der Waals surface area contributed by atoms with Crippen molar-refractivity contribution < 1.29 is 27.1 Å². The van der Waals surface area contributed by atoms with Gasteiger partial charge in [0, 0.05) is 23.2 Å². The summed E-state index contributed by atoms with van der Waals surface area (Å²) in [6, 6.07) is 1.47. The molecule has 0 saturated heterocycles. The largest absolute Gasteiger partial charge is 0.494 e.